The Balaban J connectivity index is 1.64. The van der Waals surface area contributed by atoms with Crippen LogP contribution in [0.5, 0.6) is 0 Å². The van der Waals surface area contributed by atoms with Gasteiger partial charge in [-0.15, -0.1) is 0 Å². The van der Waals surface area contributed by atoms with Crippen molar-refractivity contribution in [2.45, 2.75) is 44.2 Å². The Bertz CT molecular complexity index is 367. The second-order valence-electron chi connectivity index (χ2n) is 5.95. The van der Waals surface area contributed by atoms with Crippen molar-refractivity contribution in [2.24, 2.45) is 11.8 Å². The van der Waals surface area contributed by atoms with Gasteiger partial charge in [-0.25, -0.2) is 0 Å². The summed E-state index contributed by atoms with van der Waals surface area (Å²) in [6, 6.07) is 0.773. The van der Waals surface area contributed by atoms with E-state index in [1.807, 2.05) is 0 Å². The molecule has 5 nitrogen and oxygen atoms in total. The van der Waals surface area contributed by atoms with Crippen molar-refractivity contribution >= 4 is 11.9 Å². The van der Waals surface area contributed by atoms with E-state index in [0.29, 0.717) is 18.5 Å². The number of carbonyl (C=O) groups is 2. The number of nitrogens with one attached hydrogen (secondary N) is 1. The number of fused-ring (bicyclic) bond motifs is 2. The van der Waals surface area contributed by atoms with E-state index in [2.05, 4.69) is 5.32 Å². The maximum absolute atomic E-state index is 12.5. The molecule has 0 aromatic heterocycles. The monoisotopic (exact) mass is 252 g/mol. The third-order valence-corrected chi connectivity index (χ3v) is 4.43. The quantitative estimate of drug-likeness (QED) is 0.745. The second-order valence-corrected chi connectivity index (χ2v) is 5.95. The lowest BCUT2D eigenvalue weighted by atomic mass is 9.88. The topological polar surface area (TPSA) is 69.6 Å². The number of carboxylic acid groups (broad SMARTS) is 1. The van der Waals surface area contributed by atoms with Gasteiger partial charge in [-0.1, -0.05) is 0 Å². The Labute approximate surface area is 107 Å². The summed E-state index contributed by atoms with van der Waals surface area (Å²) in [6.45, 7) is 0.502. The fourth-order valence-electron chi connectivity index (χ4n) is 3.34. The van der Waals surface area contributed by atoms with E-state index in [0.717, 1.165) is 32.1 Å². The van der Waals surface area contributed by atoms with E-state index in [-0.39, 0.29) is 24.4 Å². The van der Waals surface area contributed by atoms with E-state index >= 15 is 0 Å². The predicted molar refractivity (Wildman–Crippen MR) is 65.0 cm³/mol. The van der Waals surface area contributed by atoms with Crippen LogP contribution < -0.4 is 5.32 Å². The average molecular weight is 252 g/mol. The SMILES string of the molecule is O=C(O)CN(CC1CC1)C(=O)C1CC2CCC1N2. The van der Waals surface area contributed by atoms with E-state index in [1.54, 1.807) is 4.90 Å². The van der Waals surface area contributed by atoms with Gasteiger partial charge in [0.1, 0.15) is 6.54 Å². The van der Waals surface area contributed by atoms with Crippen molar-refractivity contribution in [3.63, 3.8) is 0 Å². The molecule has 3 aliphatic rings. The van der Waals surface area contributed by atoms with Gasteiger partial charge in [0.05, 0.1) is 5.92 Å². The number of hydrogen-bond acceptors (Lipinski definition) is 3. The molecule has 2 bridgehead atoms. The molecule has 1 saturated carbocycles. The molecular formula is C13H20N2O3. The van der Waals surface area contributed by atoms with Crippen LogP contribution in [-0.2, 0) is 9.59 Å². The van der Waals surface area contributed by atoms with Gasteiger partial charge in [0.2, 0.25) is 5.91 Å². The molecule has 1 aliphatic carbocycles. The molecule has 0 aromatic rings. The third kappa shape index (κ3) is 2.36. The van der Waals surface area contributed by atoms with Crippen molar-refractivity contribution in [3.8, 4) is 0 Å². The molecule has 3 atom stereocenters. The molecule has 18 heavy (non-hydrogen) atoms. The Hall–Kier alpha value is -1.10. The molecule has 1 amide bonds. The first-order valence-electron chi connectivity index (χ1n) is 6.90. The molecule has 3 rings (SSSR count). The lowest BCUT2D eigenvalue weighted by Gasteiger charge is -2.27. The van der Waals surface area contributed by atoms with Gasteiger partial charge < -0.3 is 15.3 Å². The zero-order valence-electron chi connectivity index (χ0n) is 10.5. The summed E-state index contributed by atoms with van der Waals surface area (Å²) < 4.78 is 0. The van der Waals surface area contributed by atoms with Crippen molar-refractivity contribution in [1.82, 2.24) is 10.2 Å². The van der Waals surface area contributed by atoms with Crippen LogP contribution in [0.3, 0.4) is 0 Å². The maximum atomic E-state index is 12.5. The summed E-state index contributed by atoms with van der Waals surface area (Å²) in [4.78, 5) is 24.9. The van der Waals surface area contributed by atoms with Crippen LogP contribution in [0.2, 0.25) is 0 Å². The molecule has 3 fully saturated rings. The minimum Gasteiger partial charge on any atom is -0.480 e. The Morgan fingerprint density at radius 3 is 2.50 bits per heavy atom. The Kier molecular flexibility index (Phi) is 3.01. The van der Waals surface area contributed by atoms with Gasteiger partial charge in [0.25, 0.3) is 0 Å². The highest BCUT2D eigenvalue weighted by molar-refractivity contribution is 5.84. The summed E-state index contributed by atoms with van der Waals surface area (Å²) in [5.74, 6) is -0.286. The molecule has 0 aromatic carbocycles. The van der Waals surface area contributed by atoms with Crippen LogP contribution in [0.25, 0.3) is 0 Å². The fraction of sp³-hybridized carbons (Fsp3) is 0.846. The second kappa shape index (κ2) is 4.53. The normalized spacial score (nSPS) is 33.7. The molecule has 0 radical (unpaired) electrons. The van der Waals surface area contributed by atoms with Crippen LogP contribution in [0, 0.1) is 11.8 Å². The molecule has 5 heteroatoms. The third-order valence-electron chi connectivity index (χ3n) is 4.43. The molecule has 100 valence electrons. The van der Waals surface area contributed by atoms with Crippen molar-refractivity contribution in [1.29, 1.82) is 0 Å². The van der Waals surface area contributed by atoms with Gasteiger partial charge in [-0.2, -0.15) is 0 Å². The smallest absolute Gasteiger partial charge is 0.323 e. The zero-order valence-corrected chi connectivity index (χ0v) is 10.5. The lowest BCUT2D eigenvalue weighted by molar-refractivity contribution is -0.146. The number of aliphatic carboxylic acids is 1. The van der Waals surface area contributed by atoms with Crippen LogP contribution >= 0.6 is 0 Å². The highest BCUT2D eigenvalue weighted by atomic mass is 16.4. The van der Waals surface area contributed by atoms with Crippen molar-refractivity contribution in [3.05, 3.63) is 0 Å². The minimum atomic E-state index is -0.903. The maximum Gasteiger partial charge on any atom is 0.323 e. The average Bonchev–Trinajstić information content (AvgIpc) is 2.90. The first-order valence-corrected chi connectivity index (χ1v) is 6.90. The summed E-state index contributed by atoms with van der Waals surface area (Å²) in [7, 11) is 0. The van der Waals surface area contributed by atoms with Crippen molar-refractivity contribution < 1.29 is 14.7 Å². The van der Waals surface area contributed by atoms with Gasteiger partial charge in [-0.05, 0) is 38.0 Å². The summed E-state index contributed by atoms with van der Waals surface area (Å²) in [6.07, 6.45) is 5.39. The Morgan fingerprint density at radius 2 is 2.00 bits per heavy atom. The number of hydrogen-bond donors (Lipinski definition) is 2. The van der Waals surface area contributed by atoms with Crippen LogP contribution in [-0.4, -0.2) is 47.1 Å². The molecule has 2 N–H and O–H groups in total. The zero-order chi connectivity index (χ0) is 12.7. The number of amides is 1. The molecule has 0 spiro atoms. The van der Waals surface area contributed by atoms with Crippen LogP contribution in [0.1, 0.15) is 32.1 Å². The number of rotatable bonds is 5. The fourth-order valence-corrected chi connectivity index (χ4v) is 3.34. The number of carbonyl (C=O) groups excluding carboxylic acids is 1. The largest absolute Gasteiger partial charge is 0.480 e. The molecule has 3 unspecified atom stereocenters. The first-order chi connectivity index (χ1) is 8.63. The minimum absolute atomic E-state index is 0.0156. The molecule has 2 saturated heterocycles. The van der Waals surface area contributed by atoms with E-state index in [9.17, 15) is 9.59 Å². The van der Waals surface area contributed by atoms with Crippen molar-refractivity contribution in [2.75, 3.05) is 13.1 Å². The molecule has 2 heterocycles. The summed E-state index contributed by atoms with van der Waals surface area (Å²) in [5, 5.41) is 12.4. The van der Waals surface area contributed by atoms with Crippen LogP contribution in [0.15, 0.2) is 0 Å². The standard InChI is InChI=1S/C13H20N2O3/c16-12(17)7-15(6-8-1-2-8)13(18)10-5-9-3-4-11(10)14-9/h8-11,14H,1-7H2,(H,16,17). The van der Waals surface area contributed by atoms with Gasteiger partial charge in [0.15, 0.2) is 0 Å². The first kappa shape index (κ1) is 12.0. The molecule has 2 aliphatic heterocycles. The number of nitrogens with zero attached hydrogens (tertiary/aromatic N) is 1. The van der Waals surface area contributed by atoms with E-state index < -0.39 is 5.97 Å². The van der Waals surface area contributed by atoms with E-state index in [1.165, 1.54) is 0 Å². The summed E-state index contributed by atoms with van der Waals surface area (Å²) >= 11 is 0. The predicted octanol–water partition coefficient (Wildman–Crippen LogP) is 0.450. The lowest BCUT2D eigenvalue weighted by Crippen LogP contribution is -2.44. The van der Waals surface area contributed by atoms with E-state index in [4.69, 9.17) is 5.11 Å². The van der Waals surface area contributed by atoms with Crippen LogP contribution in [0.4, 0.5) is 0 Å². The van der Waals surface area contributed by atoms with Gasteiger partial charge in [-0.3, -0.25) is 9.59 Å². The highest BCUT2D eigenvalue weighted by Gasteiger charge is 2.44. The molecular weight excluding hydrogens is 232 g/mol. The Morgan fingerprint density at radius 1 is 1.22 bits per heavy atom. The highest BCUT2D eigenvalue weighted by Crippen LogP contribution is 2.36. The number of carboxylic acids is 1. The van der Waals surface area contributed by atoms with Gasteiger partial charge in [0, 0.05) is 18.6 Å². The summed E-state index contributed by atoms with van der Waals surface area (Å²) in [5.41, 5.74) is 0. The van der Waals surface area contributed by atoms with Gasteiger partial charge >= 0.3 is 5.97 Å².